The molecule has 0 aliphatic heterocycles. The number of methoxy groups -OCH3 is 1. The quantitative estimate of drug-likeness (QED) is 0.777. The molecular weight excluding hydrogens is 242 g/mol. The van der Waals surface area contributed by atoms with Gasteiger partial charge in [0.1, 0.15) is 17.1 Å². The lowest BCUT2D eigenvalue weighted by Crippen LogP contribution is -2.26. The fraction of sp³-hybridized carbons (Fsp3) is 0.333. The lowest BCUT2D eigenvalue weighted by Gasteiger charge is -2.17. The van der Waals surface area contributed by atoms with Gasteiger partial charge in [0.05, 0.1) is 20.3 Å². The molecule has 1 aromatic carbocycles. The van der Waals surface area contributed by atoms with Crippen LogP contribution in [-0.4, -0.2) is 36.8 Å². The molecule has 2 rings (SSSR count). The van der Waals surface area contributed by atoms with Gasteiger partial charge in [-0.25, -0.2) is 0 Å². The monoisotopic (exact) mass is 261 g/mol. The van der Waals surface area contributed by atoms with Crippen molar-refractivity contribution < 1.29 is 14.3 Å². The Morgan fingerprint density at radius 2 is 2.26 bits per heavy atom. The standard InChI is InChI=1S/C15H19NO3/c1-3-6-16(7-8-17)11-14-10-12-9-13(18-2)4-5-15(12)19-14/h3-5,9-10,17H,1,6-8,11H2,2H3. The zero-order valence-electron chi connectivity index (χ0n) is 11.1. The minimum absolute atomic E-state index is 0.127. The zero-order chi connectivity index (χ0) is 13.7. The van der Waals surface area contributed by atoms with Gasteiger partial charge in [-0.1, -0.05) is 6.08 Å². The van der Waals surface area contributed by atoms with E-state index in [-0.39, 0.29) is 6.61 Å². The Balaban J connectivity index is 2.17. The Bertz CT molecular complexity index is 547. The van der Waals surface area contributed by atoms with E-state index in [0.717, 1.165) is 29.0 Å². The number of furan rings is 1. The number of ether oxygens (including phenoxy) is 1. The van der Waals surface area contributed by atoms with Crippen LogP contribution in [0.2, 0.25) is 0 Å². The van der Waals surface area contributed by atoms with E-state index in [4.69, 9.17) is 14.3 Å². The van der Waals surface area contributed by atoms with Crippen molar-refractivity contribution in [1.29, 1.82) is 0 Å². The topological polar surface area (TPSA) is 45.8 Å². The van der Waals surface area contributed by atoms with Crippen molar-refractivity contribution in [2.24, 2.45) is 0 Å². The molecule has 102 valence electrons. The first-order valence-electron chi connectivity index (χ1n) is 6.27. The van der Waals surface area contributed by atoms with Crippen molar-refractivity contribution in [3.05, 3.63) is 42.7 Å². The fourth-order valence-electron chi connectivity index (χ4n) is 2.06. The normalized spacial score (nSPS) is 11.1. The summed E-state index contributed by atoms with van der Waals surface area (Å²) in [5, 5.41) is 10.1. The number of hydrogen-bond donors (Lipinski definition) is 1. The van der Waals surface area contributed by atoms with Gasteiger partial charge >= 0.3 is 0 Å². The molecule has 4 nitrogen and oxygen atoms in total. The largest absolute Gasteiger partial charge is 0.497 e. The average molecular weight is 261 g/mol. The molecule has 19 heavy (non-hydrogen) atoms. The minimum Gasteiger partial charge on any atom is -0.497 e. The molecule has 2 aromatic rings. The minimum atomic E-state index is 0.127. The second kappa shape index (κ2) is 6.41. The summed E-state index contributed by atoms with van der Waals surface area (Å²) in [6.45, 7) is 5.83. The van der Waals surface area contributed by atoms with Crippen LogP contribution in [0.5, 0.6) is 5.75 Å². The average Bonchev–Trinajstić information content (AvgIpc) is 2.80. The maximum Gasteiger partial charge on any atom is 0.134 e. The Morgan fingerprint density at radius 3 is 2.95 bits per heavy atom. The van der Waals surface area contributed by atoms with Crippen LogP contribution in [0.25, 0.3) is 11.0 Å². The van der Waals surface area contributed by atoms with Crippen molar-refractivity contribution in [1.82, 2.24) is 4.90 Å². The molecular formula is C15H19NO3. The number of benzene rings is 1. The predicted octanol–water partition coefficient (Wildman–Crippen LogP) is 2.42. The lowest BCUT2D eigenvalue weighted by molar-refractivity contribution is 0.195. The highest BCUT2D eigenvalue weighted by Gasteiger charge is 2.09. The van der Waals surface area contributed by atoms with Crippen molar-refractivity contribution >= 4 is 11.0 Å². The Hall–Kier alpha value is -1.78. The van der Waals surface area contributed by atoms with Gasteiger partial charge in [0, 0.05) is 18.5 Å². The molecule has 0 bridgehead atoms. The van der Waals surface area contributed by atoms with Crippen LogP contribution < -0.4 is 4.74 Å². The third-order valence-corrected chi connectivity index (χ3v) is 2.96. The highest BCUT2D eigenvalue weighted by atomic mass is 16.5. The first-order valence-corrected chi connectivity index (χ1v) is 6.27. The van der Waals surface area contributed by atoms with Gasteiger partial charge in [-0.15, -0.1) is 6.58 Å². The summed E-state index contributed by atoms with van der Waals surface area (Å²) in [5.74, 6) is 1.69. The molecule has 0 aliphatic carbocycles. The SMILES string of the molecule is C=CCN(CCO)Cc1cc2cc(OC)ccc2o1. The summed E-state index contributed by atoms with van der Waals surface area (Å²) < 4.78 is 11.0. The van der Waals surface area contributed by atoms with Crippen molar-refractivity contribution in [3.8, 4) is 5.75 Å². The van der Waals surface area contributed by atoms with E-state index in [1.807, 2.05) is 30.3 Å². The molecule has 1 heterocycles. The van der Waals surface area contributed by atoms with E-state index in [2.05, 4.69) is 11.5 Å². The van der Waals surface area contributed by atoms with E-state index >= 15 is 0 Å². The summed E-state index contributed by atoms with van der Waals surface area (Å²) in [7, 11) is 1.65. The molecule has 0 amide bonds. The van der Waals surface area contributed by atoms with Gasteiger partial charge in [-0.2, -0.15) is 0 Å². The van der Waals surface area contributed by atoms with Crippen LogP contribution >= 0.6 is 0 Å². The van der Waals surface area contributed by atoms with Crippen LogP contribution in [-0.2, 0) is 6.54 Å². The number of aliphatic hydroxyl groups excluding tert-OH is 1. The number of hydrogen-bond acceptors (Lipinski definition) is 4. The summed E-state index contributed by atoms with van der Waals surface area (Å²) >= 11 is 0. The molecule has 0 aliphatic rings. The molecule has 0 saturated carbocycles. The highest BCUT2D eigenvalue weighted by molar-refractivity contribution is 5.79. The smallest absolute Gasteiger partial charge is 0.134 e. The predicted molar refractivity (Wildman–Crippen MR) is 75.3 cm³/mol. The molecule has 0 unspecified atom stereocenters. The first kappa shape index (κ1) is 13.6. The summed E-state index contributed by atoms with van der Waals surface area (Å²) in [4.78, 5) is 2.07. The van der Waals surface area contributed by atoms with E-state index in [1.54, 1.807) is 7.11 Å². The van der Waals surface area contributed by atoms with E-state index < -0.39 is 0 Å². The zero-order valence-corrected chi connectivity index (χ0v) is 11.1. The van der Waals surface area contributed by atoms with E-state index in [9.17, 15) is 0 Å². The maximum absolute atomic E-state index is 9.03. The molecule has 0 fully saturated rings. The van der Waals surface area contributed by atoms with Gasteiger partial charge in [0.25, 0.3) is 0 Å². The number of nitrogens with zero attached hydrogens (tertiary/aromatic N) is 1. The molecule has 1 aromatic heterocycles. The fourth-order valence-corrected chi connectivity index (χ4v) is 2.06. The molecule has 0 atom stereocenters. The third-order valence-electron chi connectivity index (χ3n) is 2.96. The van der Waals surface area contributed by atoms with Crippen molar-refractivity contribution in [2.75, 3.05) is 26.8 Å². The molecule has 0 spiro atoms. The third kappa shape index (κ3) is 3.36. The number of aliphatic hydroxyl groups is 1. The van der Waals surface area contributed by atoms with Gasteiger partial charge < -0.3 is 14.3 Å². The number of fused-ring (bicyclic) bond motifs is 1. The summed E-state index contributed by atoms with van der Waals surface area (Å²) in [6, 6.07) is 7.74. The number of rotatable bonds is 7. The highest BCUT2D eigenvalue weighted by Crippen LogP contribution is 2.24. The van der Waals surface area contributed by atoms with E-state index in [0.29, 0.717) is 13.1 Å². The van der Waals surface area contributed by atoms with Crippen molar-refractivity contribution in [3.63, 3.8) is 0 Å². The molecule has 0 radical (unpaired) electrons. The van der Waals surface area contributed by atoms with E-state index in [1.165, 1.54) is 0 Å². The molecule has 4 heteroatoms. The summed E-state index contributed by atoms with van der Waals surface area (Å²) in [5.41, 5.74) is 0.846. The van der Waals surface area contributed by atoms with Gasteiger partial charge in [0.2, 0.25) is 0 Å². The van der Waals surface area contributed by atoms with Crippen molar-refractivity contribution in [2.45, 2.75) is 6.54 Å². The van der Waals surface area contributed by atoms with Crippen LogP contribution in [0.1, 0.15) is 5.76 Å². The molecule has 1 N–H and O–H groups in total. The molecule has 0 saturated heterocycles. The van der Waals surface area contributed by atoms with Crippen LogP contribution in [0, 0.1) is 0 Å². The van der Waals surface area contributed by atoms with Crippen LogP contribution in [0.15, 0.2) is 41.3 Å². The van der Waals surface area contributed by atoms with Gasteiger partial charge in [0.15, 0.2) is 0 Å². The Kier molecular flexibility index (Phi) is 4.60. The maximum atomic E-state index is 9.03. The van der Waals surface area contributed by atoms with Gasteiger partial charge in [-0.3, -0.25) is 4.90 Å². The van der Waals surface area contributed by atoms with Crippen LogP contribution in [0.4, 0.5) is 0 Å². The summed E-state index contributed by atoms with van der Waals surface area (Å²) in [6.07, 6.45) is 1.82. The van der Waals surface area contributed by atoms with Crippen LogP contribution in [0.3, 0.4) is 0 Å². The van der Waals surface area contributed by atoms with Gasteiger partial charge in [-0.05, 0) is 24.3 Å². The first-order chi connectivity index (χ1) is 9.26. The lowest BCUT2D eigenvalue weighted by atomic mass is 10.2. The Labute approximate surface area is 112 Å². The Morgan fingerprint density at radius 1 is 1.42 bits per heavy atom. The second-order valence-electron chi connectivity index (χ2n) is 4.36. The second-order valence-corrected chi connectivity index (χ2v) is 4.36.